The van der Waals surface area contributed by atoms with E-state index >= 15 is 0 Å². The van der Waals surface area contributed by atoms with Crippen LogP contribution in [0.2, 0.25) is 0 Å². The van der Waals surface area contributed by atoms with E-state index in [0.29, 0.717) is 6.42 Å². The Balaban J connectivity index is 1.81. The van der Waals surface area contributed by atoms with E-state index in [9.17, 15) is 4.79 Å². The molecule has 18 heavy (non-hydrogen) atoms. The van der Waals surface area contributed by atoms with Crippen LogP contribution in [-0.2, 0) is 4.79 Å². The number of piperidine rings is 1. The lowest BCUT2D eigenvalue weighted by molar-refractivity contribution is -0.128. The van der Waals surface area contributed by atoms with Crippen molar-refractivity contribution in [2.24, 2.45) is 0 Å². The van der Waals surface area contributed by atoms with E-state index in [0.717, 1.165) is 25.9 Å². The number of hydrazine groups is 1. The normalized spacial score (nSPS) is 24.7. The largest absolute Gasteiger partial charge is 0.314 e. The van der Waals surface area contributed by atoms with Crippen molar-refractivity contribution in [2.75, 3.05) is 20.1 Å². The Morgan fingerprint density at radius 3 is 2.28 bits per heavy atom. The van der Waals surface area contributed by atoms with E-state index in [1.165, 1.54) is 38.5 Å². The molecule has 0 aromatic rings. The van der Waals surface area contributed by atoms with E-state index in [4.69, 9.17) is 0 Å². The smallest absolute Gasteiger partial charge is 0.236 e. The Bertz CT molecular complexity index is 268. The number of rotatable bonds is 4. The third-order valence-corrected chi connectivity index (χ3v) is 4.48. The molecule has 0 radical (unpaired) electrons. The van der Waals surface area contributed by atoms with Gasteiger partial charge < -0.3 is 5.32 Å². The second kappa shape index (κ2) is 6.53. The lowest BCUT2D eigenvalue weighted by Gasteiger charge is -2.37. The molecule has 1 amide bonds. The van der Waals surface area contributed by atoms with Crippen molar-refractivity contribution in [3.63, 3.8) is 0 Å². The van der Waals surface area contributed by atoms with Crippen LogP contribution in [0.1, 0.15) is 57.8 Å². The first-order chi connectivity index (χ1) is 8.74. The van der Waals surface area contributed by atoms with E-state index in [1.54, 1.807) is 0 Å². The van der Waals surface area contributed by atoms with E-state index in [1.807, 2.05) is 7.05 Å². The summed E-state index contributed by atoms with van der Waals surface area (Å²) < 4.78 is 0. The summed E-state index contributed by atoms with van der Waals surface area (Å²) in [5.74, 6) is 0.188. The number of hydrogen-bond acceptors (Lipinski definition) is 3. The quantitative estimate of drug-likeness (QED) is 0.803. The Morgan fingerprint density at radius 1 is 1.06 bits per heavy atom. The van der Waals surface area contributed by atoms with Crippen molar-refractivity contribution in [2.45, 2.75) is 63.3 Å². The number of amides is 1. The minimum absolute atomic E-state index is 0.0537. The number of nitrogens with zero attached hydrogens (tertiary/aromatic N) is 1. The van der Waals surface area contributed by atoms with Gasteiger partial charge in [-0.3, -0.25) is 10.2 Å². The molecular weight excluding hydrogens is 226 g/mol. The molecule has 0 spiro atoms. The molecule has 0 aromatic carbocycles. The highest BCUT2D eigenvalue weighted by atomic mass is 16.2. The zero-order valence-corrected chi connectivity index (χ0v) is 11.6. The lowest BCUT2D eigenvalue weighted by Crippen LogP contribution is -2.52. The topological polar surface area (TPSA) is 44.4 Å². The first kappa shape index (κ1) is 13.8. The number of carbonyl (C=O) groups excluding carboxylic acids is 1. The third-order valence-electron chi connectivity index (χ3n) is 4.48. The zero-order chi connectivity index (χ0) is 12.8. The summed E-state index contributed by atoms with van der Waals surface area (Å²) >= 11 is 0. The van der Waals surface area contributed by atoms with Gasteiger partial charge in [-0.1, -0.05) is 25.7 Å². The molecule has 2 aliphatic rings. The molecule has 1 aliphatic carbocycles. The maximum absolute atomic E-state index is 12.2. The molecule has 4 heteroatoms. The molecule has 2 N–H and O–H groups in total. The second-order valence-corrected chi connectivity index (χ2v) is 5.85. The highest BCUT2D eigenvalue weighted by molar-refractivity contribution is 5.76. The molecule has 1 saturated carbocycles. The zero-order valence-electron chi connectivity index (χ0n) is 11.6. The van der Waals surface area contributed by atoms with E-state index < -0.39 is 0 Å². The second-order valence-electron chi connectivity index (χ2n) is 5.85. The van der Waals surface area contributed by atoms with Gasteiger partial charge >= 0.3 is 0 Å². The van der Waals surface area contributed by atoms with Crippen molar-refractivity contribution in [3.8, 4) is 0 Å². The summed E-state index contributed by atoms with van der Waals surface area (Å²) in [5, 5.41) is 5.50. The average molecular weight is 253 g/mol. The molecule has 2 rings (SSSR count). The van der Waals surface area contributed by atoms with Gasteiger partial charge in [-0.15, -0.1) is 0 Å². The summed E-state index contributed by atoms with van der Waals surface area (Å²) in [6.07, 6.45) is 10.4. The highest BCUT2D eigenvalue weighted by Crippen LogP contribution is 2.30. The average Bonchev–Trinajstić information content (AvgIpc) is 2.41. The first-order valence-corrected chi connectivity index (χ1v) is 7.47. The van der Waals surface area contributed by atoms with Crippen molar-refractivity contribution in [1.29, 1.82) is 0 Å². The van der Waals surface area contributed by atoms with Crippen LogP contribution in [0.5, 0.6) is 0 Å². The lowest BCUT2D eigenvalue weighted by atomic mass is 9.79. The summed E-state index contributed by atoms with van der Waals surface area (Å²) in [6, 6.07) is 0. The van der Waals surface area contributed by atoms with Crippen LogP contribution in [-0.4, -0.2) is 36.6 Å². The van der Waals surface area contributed by atoms with Gasteiger partial charge in [0.1, 0.15) is 0 Å². The fraction of sp³-hybridized carbons (Fsp3) is 0.929. The Morgan fingerprint density at radius 2 is 1.67 bits per heavy atom. The highest BCUT2D eigenvalue weighted by Gasteiger charge is 2.32. The monoisotopic (exact) mass is 253 g/mol. The van der Waals surface area contributed by atoms with Crippen LogP contribution >= 0.6 is 0 Å². The van der Waals surface area contributed by atoms with Crippen molar-refractivity contribution < 1.29 is 4.79 Å². The molecular formula is C14H27N3O. The minimum atomic E-state index is 0.0537. The van der Waals surface area contributed by atoms with Crippen molar-refractivity contribution in [1.82, 2.24) is 15.8 Å². The fourth-order valence-corrected chi connectivity index (χ4v) is 3.27. The fourth-order valence-electron chi connectivity index (χ4n) is 3.27. The summed E-state index contributed by atoms with van der Waals surface area (Å²) in [7, 11) is 2.00. The number of nitrogens with one attached hydrogen (secondary N) is 2. The van der Waals surface area contributed by atoms with Crippen LogP contribution in [0.25, 0.3) is 0 Å². The van der Waals surface area contributed by atoms with Crippen LogP contribution in [0.4, 0.5) is 0 Å². The molecule has 0 bridgehead atoms. The maximum Gasteiger partial charge on any atom is 0.236 e. The van der Waals surface area contributed by atoms with Gasteiger partial charge in [-0.25, -0.2) is 5.01 Å². The SMILES string of the molecule is CNC1(CC(=O)NN2CCCCC2)CCCCC1. The van der Waals surface area contributed by atoms with Gasteiger partial charge in [0.25, 0.3) is 0 Å². The predicted molar refractivity (Wildman–Crippen MR) is 73.1 cm³/mol. The third kappa shape index (κ3) is 3.69. The molecule has 2 fully saturated rings. The standard InChI is InChI=1S/C14H27N3O/c1-15-14(8-4-2-5-9-14)12-13(18)16-17-10-6-3-7-11-17/h15H,2-12H2,1H3,(H,16,18). The molecule has 4 nitrogen and oxygen atoms in total. The van der Waals surface area contributed by atoms with E-state index in [-0.39, 0.29) is 11.4 Å². The molecule has 1 heterocycles. The first-order valence-electron chi connectivity index (χ1n) is 7.47. The number of hydrogen-bond donors (Lipinski definition) is 2. The van der Waals surface area contributed by atoms with Gasteiger partial charge in [0, 0.05) is 25.0 Å². The summed E-state index contributed by atoms with van der Waals surface area (Å²) in [4.78, 5) is 12.2. The summed E-state index contributed by atoms with van der Waals surface area (Å²) in [5.41, 5.74) is 3.13. The minimum Gasteiger partial charge on any atom is -0.314 e. The maximum atomic E-state index is 12.2. The Labute approximate surface area is 110 Å². The van der Waals surface area contributed by atoms with Crippen LogP contribution in [0.3, 0.4) is 0 Å². The molecule has 1 aliphatic heterocycles. The van der Waals surface area contributed by atoms with Gasteiger partial charge in [-0.2, -0.15) is 0 Å². The van der Waals surface area contributed by atoms with Crippen LogP contribution < -0.4 is 10.7 Å². The number of carbonyl (C=O) groups is 1. The van der Waals surface area contributed by atoms with Crippen molar-refractivity contribution in [3.05, 3.63) is 0 Å². The van der Waals surface area contributed by atoms with Gasteiger partial charge in [0.2, 0.25) is 5.91 Å². The van der Waals surface area contributed by atoms with Gasteiger partial charge in [0.15, 0.2) is 0 Å². The van der Waals surface area contributed by atoms with E-state index in [2.05, 4.69) is 15.8 Å². The van der Waals surface area contributed by atoms with Crippen LogP contribution in [0.15, 0.2) is 0 Å². The Hall–Kier alpha value is -0.610. The molecule has 0 atom stereocenters. The summed E-state index contributed by atoms with van der Waals surface area (Å²) in [6.45, 7) is 2.02. The molecule has 0 aromatic heterocycles. The van der Waals surface area contributed by atoms with Gasteiger partial charge in [0.05, 0.1) is 0 Å². The molecule has 104 valence electrons. The van der Waals surface area contributed by atoms with Crippen molar-refractivity contribution >= 4 is 5.91 Å². The predicted octanol–water partition coefficient (Wildman–Crippen LogP) is 1.82. The molecule has 1 saturated heterocycles. The molecule has 0 unspecified atom stereocenters. The Kier molecular flexibility index (Phi) is 5.01. The van der Waals surface area contributed by atoms with Crippen LogP contribution in [0, 0.1) is 0 Å². The van der Waals surface area contributed by atoms with Gasteiger partial charge in [-0.05, 0) is 32.7 Å².